The zero-order valence-electron chi connectivity index (χ0n) is 10.5. The topological polar surface area (TPSA) is 32.3 Å². The predicted octanol–water partition coefficient (Wildman–Crippen LogP) is 2.41. The molecular formula is C13H25NOS. The van der Waals surface area contributed by atoms with Crippen LogP contribution in [0.2, 0.25) is 0 Å². The Bertz CT molecular complexity index is 236. The third-order valence-corrected chi connectivity index (χ3v) is 5.34. The first-order valence-corrected chi connectivity index (χ1v) is 7.70. The second-order valence-electron chi connectivity index (χ2n) is 5.88. The third-order valence-electron chi connectivity index (χ3n) is 3.99. The van der Waals surface area contributed by atoms with Gasteiger partial charge in [0, 0.05) is 23.6 Å². The van der Waals surface area contributed by atoms with E-state index in [9.17, 15) is 5.11 Å². The maximum atomic E-state index is 10.5. The molecule has 0 aromatic heterocycles. The molecule has 2 aliphatic rings. The minimum Gasteiger partial charge on any atom is -0.389 e. The summed E-state index contributed by atoms with van der Waals surface area (Å²) in [6.07, 6.45) is 5.71. The molecule has 0 radical (unpaired) electrons. The van der Waals surface area contributed by atoms with E-state index in [0.717, 1.165) is 24.6 Å². The van der Waals surface area contributed by atoms with E-state index >= 15 is 0 Å². The lowest BCUT2D eigenvalue weighted by molar-refractivity contribution is -0.0132. The van der Waals surface area contributed by atoms with E-state index in [1.54, 1.807) is 0 Å². The molecule has 2 N–H and O–H groups in total. The molecule has 0 amide bonds. The summed E-state index contributed by atoms with van der Waals surface area (Å²) in [6.45, 7) is 5.36. The highest BCUT2D eigenvalue weighted by Gasteiger charge is 2.33. The van der Waals surface area contributed by atoms with Crippen molar-refractivity contribution < 1.29 is 5.11 Å². The van der Waals surface area contributed by atoms with Gasteiger partial charge in [-0.05, 0) is 25.2 Å². The molecule has 4 atom stereocenters. The third kappa shape index (κ3) is 3.38. The van der Waals surface area contributed by atoms with E-state index in [2.05, 4.69) is 19.2 Å². The van der Waals surface area contributed by atoms with Crippen molar-refractivity contribution in [3.05, 3.63) is 0 Å². The minimum atomic E-state index is -0.422. The van der Waals surface area contributed by atoms with Crippen LogP contribution in [0.3, 0.4) is 0 Å². The van der Waals surface area contributed by atoms with Gasteiger partial charge in [0.1, 0.15) is 0 Å². The second-order valence-corrected chi connectivity index (χ2v) is 7.35. The normalized spacial score (nSPS) is 44.8. The molecule has 0 aromatic rings. The molecule has 2 rings (SSSR count). The Labute approximate surface area is 104 Å². The highest BCUT2D eigenvalue weighted by molar-refractivity contribution is 8.00. The van der Waals surface area contributed by atoms with Gasteiger partial charge in [-0.15, -0.1) is 0 Å². The highest BCUT2D eigenvalue weighted by Crippen LogP contribution is 2.32. The van der Waals surface area contributed by atoms with Gasteiger partial charge in [0.05, 0.1) is 5.60 Å². The van der Waals surface area contributed by atoms with E-state index in [0.29, 0.717) is 12.0 Å². The lowest BCUT2D eigenvalue weighted by Gasteiger charge is -2.36. The smallest absolute Gasteiger partial charge is 0.0774 e. The van der Waals surface area contributed by atoms with Crippen molar-refractivity contribution in [2.75, 3.05) is 12.3 Å². The number of nitrogens with one attached hydrogen (secondary N) is 1. The maximum Gasteiger partial charge on any atom is 0.0774 e. The highest BCUT2D eigenvalue weighted by atomic mass is 32.2. The Hall–Kier alpha value is 0.270. The molecule has 1 saturated carbocycles. The largest absolute Gasteiger partial charge is 0.389 e. The molecule has 16 heavy (non-hydrogen) atoms. The number of thioether (sulfide) groups is 1. The minimum absolute atomic E-state index is 0.422. The van der Waals surface area contributed by atoms with Gasteiger partial charge < -0.3 is 10.4 Å². The lowest BCUT2D eigenvalue weighted by Crippen LogP contribution is -2.47. The van der Waals surface area contributed by atoms with Gasteiger partial charge in [0.25, 0.3) is 0 Å². The summed E-state index contributed by atoms with van der Waals surface area (Å²) in [4.78, 5) is 0. The van der Waals surface area contributed by atoms with Crippen molar-refractivity contribution in [2.45, 2.75) is 62.8 Å². The zero-order chi connectivity index (χ0) is 11.6. The fourth-order valence-electron chi connectivity index (χ4n) is 3.09. The molecule has 2 fully saturated rings. The van der Waals surface area contributed by atoms with Gasteiger partial charge >= 0.3 is 0 Å². The Morgan fingerprint density at radius 1 is 1.44 bits per heavy atom. The van der Waals surface area contributed by atoms with E-state index in [-0.39, 0.29) is 0 Å². The summed E-state index contributed by atoms with van der Waals surface area (Å²) in [5, 5.41) is 14.9. The van der Waals surface area contributed by atoms with Gasteiger partial charge in [0.2, 0.25) is 0 Å². The van der Waals surface area contributed by atoms with Crippen LogP contribution >= 0.6 is 11.8 Å². The standard InChI is InChI=1S/C13H25NOS/c1-10-4-3-5-13(15,7-10)9-14-12-6-11(2)16-8-12/h10-12,14-15H,3-9H2,1-2H3. The molecule has 1 saturated heterocycles. The quantitative estimate of drug-likeness (QED) is 0.798. The Morgan fingerprint density at radius 2 is 2.25 bits per heavy atom. The van der Waals surface area contributed by atoms with Crippen molar-refractivity contribution in [3.8, 4) is 0 Å². The summed E-state index contributed by atoms with van der Waals surface area (Å²) in [5.41, 5.74) is -0.422. The van der Waals surface area contributed by atoms with E-state index in [1.165, 1.54) is 25.0 Å². The van der Waals surface area contributed by atoms with Crippen LogP contribution in [0.5, 0.6) is 0 Å². The summed E-state index contributed by atoms with van der Waals surface area (Å²) in [6, 6.07) is 0.626. The molecule has 4 unspecified atom stereocenters. The van der Waals surface area contributed by atoms with Gasteiger partial charge in [0.15, 0.2) is 0 Å². The molecule has 0 bridgehead atoms. The summed E-state index contributed by atoms with van der Waals surface area (Å²) < 4.78 is 0. The van der Waals surface area contributed by atoms with Crippen LogP contribution in [0.4, 0.5) is 0 Å². The predicted molar refractivity (Wildman–Crippen MR) is 70.9 cm³/mol. The van der Waals surface area contributed by atoms with Crippen molar-refractivity contribution in [1.82, 2.24) is 5.32 Å². The van der Waals surface area contributed by atoms with Crippen molar-refractivity contribution in [2.24, 2.45) is 5.92 Å². The second kappa shape index (κ2) is 5.28. The average Bonchev–Trinajstić information content (AvgIpc) is 2.61. The van der Waals surface area contributed by atoms with Crippen LogP contribution < -0.4 is 5.32 Å². The van der Waals surface area contributed by atoms with Crippen LogP contribution in [0.1, 0.15) is 46.0 Å². The van der Waals surface area contributed by atoms with E-state index in [4.69, 9.17) is 0 Å². The van der Waals surface area contributed by atoms with Gasteiger partial charge in [-0.25, -0.2) is 0 Å². The monoisotopic (exact) mass is 243 g/mol. The molecular weight excluding hydrogens is 218 g/mol. The number of hydrogen-bond acceptors (Lipinski definition) is 3. The van der Waals surface area contributed by atoms with Crippen molar-refractivity contribution >= 4 is 11.8 Å². The summed E-state index contributed by atoms with van der Waals surface area (Å²) in [7, 11) is 0. The molecule has 1 aliphatic heterocycles. The first-order chi connectivity index (χ1) is 7.57. The molecule has 0 spiro atoms. The Kier molecular flexibility index (Phi) is 4.20. The lowest BCUT2D eigenvalue weighted by atomic mass is 9.79. The van der Waals surface area contributed by atoms with E-state index < -0.39 is 5.60 Å². The summed E-state index contributed by atoms with van der Waals surface area (Å²) in [5.74, 6) is 1.91. The zero-order valence-corrected chi connectivity index (χ0v) is 11.4. The maximum absolute atomic E-state index is 10.5. The number of rotatable bonds is 3. The fraction of sp³-hybridized carbons (Fsp3) is 1.00. The van der Waals surface area contributed by atoms with Gasteiger partial charge in [-0.3, -0.25) is 0 Å². The first-order valence-electron chi connectivity index (χ1n) is 6.65. The molecule has 2 nitrogen and oxygen atoms in total. The number of hydrogen-bond donors (Lipinski definition) is 2. The van der Waals surface area contributed by atoms with E-state index in [1.807, 2.05) is 11.8 Å². The van der Waals surface area contributed by atoms with Crippen LogP contribution in [-0.4, -0.2) is 34.3 Å². The molecule has 1 aliphatic carbocycles. The molecule has 94 valence electrons. The average molecular weight is 243 g/mol. The van der Waals surface area contributed by atoms with Crippen LogP contribution in [0.15, 0.2) is 0 Å². The molecule has 3 heteroatoms. The van der Waals surface area contributed by atoms with Crippen LogP contribution in [0, 0.1) is 5.92 Å². The fourth-order valence-corrected chi connectivity index (χ4v) is 4.27. The van der Waals surface area contributed by atoms with Crippen LogP contribution in [-0.2, 0) is 0 Å². The SMILES string of the molecule is CC1CCCC(O)(CNC2CSC(C)C2)C1. The molecule has 0 aromatic carbocycles. The Morgan fingerprint density at radius 3 is 2.88 bits per heavy atom. The molecule has 1 heterocycles. The Balaban J connectivity index is 1.75. The first kappa shape index (κ1) is 12.7. The van der Waals surface area contributed by atoms with Crippen molar-refractivity contribution in [1.29, 1.82) is 0 Å². The van der Waals surface area contributed by atoms with Gasteiger partial charge in [-0.2, -0.15) is 11.8 Å². The van der Waals surface area contributed by atoms with Crippen molar-refractivity contribution in [3.63, 3.8) is 0 Å². The number of aliphatic hydroxyl groups is 1. The summed E-state index contributed by atoms with van der Waals surface area (Å²) >= 11 is 2.05. The van der Waals surface area contributed by atoms with Crippen LogP contribution in [0.25, 0.3) is 0 Å². The van der Waals surface area contributed by atoms with Gasteiger partial charge in [-0.1, -0.05) is 26.7 Å².